The summed E-state index contributed by atoms with van der Waals surface area (Å²) in [6.45, 7) is 1.63. The van der Waals surface area contributed by atoms with Crippen LogP contribution in [0.5, 0.6) is 0 Å². The summed E-state index contributed by atoms with van der Waals surface area (Å²) in [6, 6.07) is 5.57. The molecule has 3 rings (SSSR count). The van der Waals surface area contributed by atoms with Crippen LogP contribution in [0.2, 0.25) is 10.0 Å². The van der Waals surface area contributed by atoms with Gasteiger partial charge in [-0.1, -0.05) is 41.0 Å². The van der Waals surface area contributed by atoms with Gasteiger partial charge in [-0.15, -0.1) is 0 Å². The van der Waals surface area contributed by atoms with Gasteiger partial charge in [-0.25, -0.2) is 9.97 Å². The molecule has 0 bridgehead atoms. The number of nitrogens with one attached hydrogen (secondary N) is 2. The van der Waals surface area contributed by atoms with Crippen LogP contribution < -0.4 is 10.6 Å². The molecule has 0 saturated heterocycles. The summed E-state index contributed by atoms with van der Waals surface area (Å²) >= 11 is 13.8. The van der Waals surface area contributed by atoms with E-state index in [0.717, 1.165) is 34.5 Å². The number of hydrogen-bond donors (Lipinski definition) is 2. The van der Waals surface area contributed by atoms with Gasteiger partial charge in [-0.2, -0.15) is 0 Å². The minimum absolute atomic E-state index is 0.536. The number of aromatic nitrogens is 3. The van der Waals surface area contributed by atoms with Crippen molar-refractivity contribution in [2.45, 2.75) is 9.79 Å². The van der Waals surface area contributed by atoms with Crippen molar-refractivity contribution in [1.29, 1.82) is 0 Å². The zero-order chi connectivity index (χ0) is 16.2. The third-order valence-electron chi connectivity index (χ3n) is 3.19. The van der Waals surface area contributed by atoms with Crippen LogP contribution in [0.3, 0.4) is 0 Å². The van der Waals surface area contributed by atoms with Crippen LogP contribution in [-0.2, 0) is 0 Å². The Hall–Kier alpha value is -1.47. The van der Waals surface area contributed by atoms with Gasteiger partial charge in [0.15, 0.2) is 5.65 Å². The number of imidazole rings is 1. The Balaban J connectivity index is 1.92. The summed E-state index contributed by atoms with van der Waals surface area (Å²) < 4.78 is 1.93. The van der Waals surface area contributed by atoms with E-state index >= 15 is 0 Å². The highest BCUT2D eigenvalue weighted by atomic mass is 35.5. The summed E-state index contributed by atoms with van der Waals surface area (Å²) in [6.07, 6.45) is 5.43. The summed E-state index contributed by atoms with van der Waals surface area (Å²) in [5, 5.41) is 7.45. The molecule has 0 aliphatic carbocycles. The van der Waals surface area contributed by atoms with Crippen LogP contribution >= 0.6 is 35.0 Å². The molecule has 2 N–H and O–H groups in total. The minimum Gasteiger partial charge on any atom is -0.354 e. The molecule has 0 unspecified atom stereocenters. The van der Waals surface area contributed by atoms with E-state index < -0.39 is 0 Å². The van der Waals surface area contributed by atoms with Crippen LogP contribution in [0.4, 0.5) is 5.95 Å². The molecule has 0 atom stereocenters. The van der Waals surface area contributed by atoms with Crippen LogP contribution in [0.25, 0.3) is 5.65 Å². The lowest BCUT2D eigenvalue weighted by Gasteiger charge is -2.10. The van der Waals surface area contributed by atoms with E-state index in [9.17, 15) is 0 Å². The number of halogens is 2. The van der Waals surface area contributed by atoms with Crippen molar-refractivity contribution < 1.29 is 0 Å². The van der Waals surface area contributed by atoms with Gasteiger partial charge in [0.25, 0.3) is 0 Å². The molecule has 0 aliphatic rings. The monoisotopic (exact) mass is 367 g/mol. The number of rotatable bonds is 6. The van der Waals surface area contributed by atoms with Gasteiger partial charge in [-0.3, -0.25) is 4.40 Å². The van der Waals surface area contributed by atoms with Gasteiger partial charge in [0.1, 0.15) is 0 Å². The van der Waals surface area contributed by atoms with Gasteiger partial charge >= 0.3 is 0 Å². The van der Waals surface area contributed by atoms with Gasteiger partial charge < -0.3 is 10.6 Å². The molecule has 2 aromatic heterocycles. The zero-order valence-corrected chi connectivity index (χ0v) is 14.7. The first kappa shape index (κ1) is 16.4. The maximum atomic E-state index is 6.26. The molecular weight excluding hydrogens is 353 g/mol. The molecule has 23 heavy (non-hydrogen) atoms. The third-order valence-corrected chi connectivity index (χ3v) is 5.19. The van der Waals surface area contributed by atoms with Gasteiger partial charge in [-0.05, 0) is 19.2 Å². The van der Waals surface area contributed by atoms with E-state index in [0.29, 0.717) is 10.0 Å². The lowest BCUT2D eigenvalue weighted by molar-refractivity contribution is 0.814. The van der Waals surface area contributed by atoms with Crippen molar-refractivity contribution in [2.75, 3.05) is 25.5 Å². The normalized spacial score (nSPS) is 11.1. The summed E-state index contributed by atoms with van der Waals surface area (Å²) in [5.41, 5.74) is 0.827. The molecule has 0 radical (unpaired) electrons. The van der Waals surface area contributed by atoms with Crippen LogP contribution in [0.15, 0.2) is 46.6 Å². The van der Waals surface area contributed by atoms with E-state index in [1.807, 2.05) is 29.8 Å². The zero-order valence-electron chi connectivity index (χ0n) is 12.4. The Labute approximate surface area is 148 Å². The van der Waals surface area contributed by atoms with Crippen molar-refractivity contribution in [1.82, 2.24) is 19.7 Å². The fourth-order valence-corrected chi connectivity index (χ4v) is 3.48. The molecule has 120 valence electrons. The lowest BCUT2D eigenvalue weighted by Crippen LogP contribution is -2.19. The van der Waals surface area contributed by atoms with Crippen molar-refractivity contribution in [2.24, 2.45) is 0 Å². The predicted molar refractivity (Wildman–Crippen MR) is 96.0 cm³/mol. The van der Waals surface area contributed by atoms with Crippen molar-refractivity contribution in [3.05, 3.63) is 46.8 Å². The number of fused-ring (bicyclic) bond motifs is 1. The molecule has 0 saturated carbocycles. The van der Waals surface area contributed by atoms with E-state index in [1.165, 1.54) is 11.8 Å². The van der Waals surface area contributed by atoms with Gasteiger partial charge in [0.05, 0.1) is 14.9 Å². The number of anilines is 1. The standard InChI is InChI=1S/C15H15Cl2N5S/c1-18-5-6-20-15-21-9-12(14-19-7-8-22(14)15)23-11-4-2-3-10(16)13(11)17/h2-4,7-9,18H,5-6H2,1H3,(H,20,21). The number of hydrogen-bond acceptors (Lipinski definition) is 5. The summed E-state index contributed by atoms with van der Waals surface area (Å²) in [5.74, 6) is 0.759. The topological polar surface area (TPSA) is 54.2 Å². The van der Waals surface area contributed by atoms with Gasteiger partial charge in [0.2, 0.25) is 5.95 Å². The highest BCUT2D eigenvalue weighted by molar-refractivity contribution is 7.99. The number of nitrogens with zero attached hydrogens (tertiary/aromatic N) is 3. The quantitative estimate of drug-likeness (QED) is 0.648. The Bertz CT molecular complexity index is 821. The highest BCUT2D eigenvalue weighted by Crippen LogP contribution is 2.38. The largest absolute Gasteiger partial charge is 0.354 e. The van der Waals surface area contributed by atoms with E-state index in [1.54, 1.807) is 18.5 Å². The Morgan fingerprint density at radius 2 is 2.04 bits per heavy atom. The molecule has 0 fully saturated rings. The van der Waals surface area contributed by atoms with Crippen LogP contribution in [-0.4, -0.2) is 34.5 Å². The van der Waals surface area contributed by atoms with Crippen molar-refractivity contribution >= 4 is 46.6 Å². The first-order valence-electron chi connectivity index (χ1n) is 7.03. The molecule has 0 amide bonds. The van der Waals surface area contributed by atoms with Crippen molar-refractivity contribution in [3.8, 4) is 0 Å². The van der Waals surface area contributed by atoms with Crippen LogP contribution in [0.1, 0.15) is 0 Å². The molecular formula is C15H15Cl2N5S. The molecule has 2 heterocycles. The predicted octanol–water partition coefficient (Wildman–Crippen LogP) is 3.82. The smallest absolute Gasteiger partial charge is 0.208 e. The maximum absolute atomic E-state index is 6.26. The molecule has 0 aliphatic heterocycles. The Kier molecular flexibility index (Phi) is 5.27. The highest BCUT2D eigenvalue weighted by Gasteiger charge is 2.12. The molecule has 3 aromatic rings. The fourth-order valence-electron chi connectivity index (χ4n) is 2.08. The van der Waals surface area contributed by atoms with E-state index in [4.69, 9.17) is 23.2 Å². The summed E-state index contributed by atoms with van der Waals surface area (Å²) in [4.78, 5) is 10.7. The Morgan fingerprint density at radius 1 is 1.17 bits per heavy atom. The average Bonchev–Trinajstić information content (AvgIpc) is 3.04. The minimum atomic E-state index is 0.536. The van der Waals surface area contributed by atoms with Gasteiger partial charge in [0, 0.05) is 36.6 Å². The fraction of sp³-hybridized carbons (Fsp3) is 0.200. The third kappa shape index (κ3) is 3.55. The first-order chi connectivity index (χ1) is 11.2. The second-order valence-electron chi connectivity index (χ2n) is 4.75. The molecule has 1 aromatic carbocycles. The lowest BCUT2D eigenvalue weighted by atomic mass is 10.4. The van der Waals surface area contributed by atoms with E-state index in [-0.39, 0.29) is 0 Å². The molecule has 5 nitrogen and oxygen atoms in total. The van der Waals surface area contributed by atoms with Crippen molar-refractivity contribution in [3.63, 3.8) is 0 Å². The molecule has 0 spiro atoms. The maximum Gasteiger partial charge on any atom is 0.208 e. The first-order valence-corrected chi connectivity index (χ1v) is 8.60. The summed E-state index contributed by atoms with van der Waals surface area (Å²) in [7, 11) is 1.91. The number of likely N-dealkylation sites (N-methyl/N-ethyl adjacent to an activating group) is 1. The van der Waals surface area contributed by atoms with Crippen LogP contribution in [0, 0.1) is 0 Å². The average molecular weight is 368 g/mol. The second-order valence-corrected chi connectivity index (χ2v) is 6.62. The number of benzene rings is 1. The SMILES string of the molecule is CNCCNc1ncc(Sc2cccc(Cl)c2Cl)c2nccn12. The Morgan fingerprint density at radius 3 is 2.87 bits per heavy atom. The molecule has 8 heteroatoms. The van der Waals surface area contributed by atoms with E-state index in [2.05, 4.69) is 20.6 Å². The second kappa shape index (κ2) is 7.40.